The lowest BCUT2D eigenvalue weighted by Crippen LogP contribution is -2.11. The van der Waals surface area contributed by atoms with E-state index in [-0.39, 0.29) is 11.6 Å². The molecule has 20 heavy (non-hydrogen) atoms. The van der Waals surface area contributed by atoms with E-state index in [0.717, 1.165) is 0 Å². The van der Waals surface area contributed by atoms with E-state index in [1.54, 1.807) is 24.3 Å². The normalized spacial score (nSPS) is 10.3. The van der Waals surface area contributed by atoms with E-state index in [0.29, 0.717) is 22.3 Å². The molecule has 0 aliphatic heterocycles. The number of hydrogen-bond donors (Lipinski definition) is 1. The van der Waals surface area contributed by atoms with Gasteiger partial charge in [0.2, 0.25) is 0 Å². The van der Waals surface area contributed by atoms with Crippen molar-refractivity contribution in [2.75, 3.05) is 5.73 Å². The molecule has 1 aromatic carbocycles. The number of carbonyl (C=O) groups is 1. The molecular formula is C14H9N5O. The minimum atomic E-state index is -0.267. The topological polar surface area (TPSA) is 97.6 Å². The lowest BCUT2D eigenvalue weighted by molar-refractivity contribution is 0.0964. The van der Waals surface area contributed by atoms with Crippen molar-refractivity contribution >= 4 is 22.6 Å². The Labute approximate surface area is 114 Å². The summed E-state index contributed by atoms with van der Waals surface area (Å²) in [4.78, 5) is 20.4. The average Bonchev–Trinajstić information content (AvgIpc) is 2.89. The number of fused-ring (bicyclic) bond motifs is 1. The number of nitrogens with two attached hydrogens (primary N) is 1. The maximum atomic E-state index is 12.4. The molecule has 2 N–H and O–H groups in total. The number of nitrogen functional groups attached to an aromatic ring is 1. The fourth-order valence-corrected chi connectivity index (χ4v) is 1.96. The molecule has 0 fully saturated rings. The molecule has 0 spiro atoms. The largest absolute Gasteiger partial charge is 0.399 e. The highest BCUT2D eigenvalue weighted by molar-refractivity contribution is 6.01. The van der Waals surface area contributed by atoms with Crippen LogP contribution < -0.4 is 5.73 Å². The molecule has 0 aliphatic rings. The smallest absolute Gasteiger partial charge is 0.263 e. The first-order valence-electron chi connectivity index (χ1n) is 5.82. The van der Waals surface area contributed by atoms with Crippen LogP contribution in [-0.2, 0) is 0 Å². The highest BCUT2D eigenvalue weighted by Crippen LogP contribution is 2.17. The Bertz CT molecular complexity index is 859. The van der Waals surface area contributed by atoms with Crippen LogP contribution in [0.25, 0.3) is 11.0 Å². The lowest BCUT2D eigenvalue weighted by Gasteiger charge is -2.03. The summed E-state index contributed by atoms with van der Waals surface area (Å²) in [7, 11) is 0. The molecular weight excluding hydrogens is 254 g/mol. The first-order chi connectivity index (χ1) is 9.69. The molecule has 6 nitrogen and oxygen atoms in total. The maximum absolute atomic E-state index is 12.4. The Morgan fingerprint density at radius 3 is 2.90 bits per heavy atom. The number of anilines is 1. The monoisotopic (exact) mass is 263 g/mol. The van der Waals surface area contributed by atoms with Gasteiger partial charge < -0.3 is 5.73 Å². The van der Waals surface area contributed by atoms with E-state index in [1.807, 2.05) is 6.07 Å². The van der Waals surface area contributed by atoms with Crippen LogP contribution in [0.15, 0.2) is 42.9 Å². The van der Waals surface area contributed by atoms with Crippen LogP contribution in [0.3, 0.4) is 0 Å². The fourth-order valence-electron chi connectivity index (χ4n) is 1.96. The van der Waals surface area contributed by atoms with E-state index < -0.39 is 0 Å². The second-order valence-corrected chi connectivity index (χ2v) is 4.21. The Morgan fingerprint density at radius 1 is 1.25 bits per heavy atom. The molecule has 3 rings (SSSR count). The minimum absolute atomic E-state index is 0.199. The summed E-state index contributed by atoms with van der Waals surface area (Å²) in [5.74, 6) is -0.267. The Kier molecular flexibility index (Phi) is 2.66. The van der Waals surface area contributed by atoms with Crippen LogP contribution in [0.5, 0.6) is 0 Å². The molecule has 0 bridgehead atoms. The zero-order valence-corrected chi connectivity index (χ0v) is 10.3. The van der Waals surface area contributed by atoms with E-state index in [1.165, 1.54) is 23.2 Å². The van der Waals surface area contributed by atoms with Crippen LogP contribution in [0.1, 0.15) is 16.1 Å². The van der Waals surface area contributed by atoms with Crippen molar-refractivity contribution in [1.29, 1.82) is 5.26 Å². The third kappa shape index (κ3) is 1.87. The third-order valence-corrected chi connectivity index (χ3v) is 2.91. The second-order valence-electron chi connectivity index (χ2n) is 4.21. The molecule has 0 aliphatic carbocycles. The zero-order valence-electron chi connectivity index (χ0n) is 10.3. The number of aromatic nitrogens is 3. The SMILES string of the molecule is N#Cc1cc(C(=O)n2cnc3cc(N)ccc32)ccn1. The molecule has 6 heteroatoms. The third-order valence-electron chi connectivity index (χ3n) is 2.91. The molecule has 0 radical (unpaired) electrons. The predicted molar refractivity (Wildman–Crippen MR) is 72.8 cm³/mol. The first kappa shape index (κ1) is 11.9. The van der Waals surface area contributed by atoms with Gasteiger partial charge in [-0.15, -0.1) is 0 Å². The number of hydrogen-bond acceptors (Lipinski definition) is 5. The molecule has 0 atom stereocenters. The van der Waals surface area contributed by atoms with Crippen molar-refractivity contribution in [1.82, 2.24) is 14.5 Å². The van der Waals surface area contributed by atoms with Crippen LogP contribution >= 0.6 is 0 Å². The van der Waals surface area contributed by atoms with Crippen molar-refractivity contribution in [3.05, 3.63) is 54.1 Å². The minimum Gasteiger partial charge on any atom is -0.399 e. The van der Waals surface area contributed by atoms with Crippen molar-refractivity contribution in [2.24, 2.45) is 0 Å². The molecule has 96 valence electrons. The number of rotatable bonds is 1. The van der Waals surface area contributed by atoms with Gasteiger partial charge in [0, 0.05) is 17.4 Å². The van der Waals surface area contributed by atoms with E-state index >= 15 is 0 Å². The van der Waals surface area contributed by atoms with Crippen molar-refractivity contribution in [3.63, 3.8) is 0 Å². The number of imidazole rings is 1. The number of pyridine rings is 1. The lowest BCUT2D eigenvalue weighted by atomic mass is 10.2. The molecule has 0 amide bonds. The molecule has 2 heterocycles. The number of nitriles is 1. The van der Waals surface area contributed by atoms with Gasteiger partial charge in [0.05, 0.1) is 11.0 Å². The van der Waals surface area contributed by atoms with Crippen molar-refractivity contribution in [2.45, 2.75) is 0 Å². The summed E-state index contributed by atoms with van der Waals surface area (Å²) < 4.78 is 1.42. The summed E-state index contributed by atoms with van der Waals surface area (Å²) in [6.45, 7) is 0. The van der Waals surface area contributed by atoms with Crippen LogP contribution in [0.4, 0.5) is 5.69 Å². The highest BCUT2D eigenvalue weighted by atomic mass is 16.2. The van der Waals surface area contributed by atoms with E-state index in [4.69, 9.17) is 11.0 Å². The summed E-state index contributed by atoms with van der Waals surface area (Å²) in [6.07, 6.45) is 2.88. The van der Waals surface area contributed by atoms with Gasteiger partial charge in [-0.3, -0.25) is 9.36 Å². The number of nitrogens with zero attached hydrogens (tertiary/aromatic N) is 4. The first-order valence-corrected chi connectivity index (χ1v) is 5.82. The molecule has 3 aromatic rings. The zero-order chi connectivity index (χ0) is 14.1. The molecule has 0 saturated carbocycles. The maximum Gasteiger partial charge on any atom is 0.263 e. The van der Waals surface area contributed by atoms with Crippen LogP contribution in [-0.4, -0.2) is 20.4 Å². The molecule has 2 aromatic heterocycles. The van der Waals surface area contributed by atoms with E-state index in [2.05, 4.69) is 9.97 Å². The fraction of sp³-hybridized carbons (Fsp3) is 0. The van der Waals surface area contributed by atoms with Gasteiger partial charge in [-0.25, -0.2) is 9.97 Å². The van der Waals surface area contributed by atoms with Gasteiger partial charge >= 0.3 is 0 Å². The van der Waals surface area contributed by atoms with Gasteiger partial charge in [0.25, 0.3) is 5.91 Å². The standard InChI is InChI=1S/C14H9N5O/c15-7-11-5-9(3-4-17-11)14(20)19-8-18-12-6-10(16)1-2-13(12)19/h1-6,8H,16H2. The van der Waals surface area contributed by atoms with Gasteiger partial charge in [0.1, 0.15) is 18.1 Å². The Hall–Kier alpha value is -3.20. The quantitative estimate of drug-likeness (QED) is 0.672. The highest BCUT2D eigenvalue weighted by Gasteiger charge is 2.13. The van der Waals surface area contributed by atoms with Crippen molar-refractivity contribution in [3.8, 4) is 6.07 Å². The van der Waals surface area contributed by atoms with Gasteiger partial charge in [-0.2, -0.15) is 5.26 Å². The summed E-state index contributed by atoms with van der Waals surface area (Å²) in [5.41, 5.74) is 8.16. The summed E-state index contributed by atoms with van der Waals surface area (Å²) in [5, 5.41) is 8.82. The summed E-state index contributed by atoms with van der Waals surface area (Å²) in [6, 6.07) is 10.1. The molecule has 0 unspecified atom stereocenters. The average molecular weight is 263 g/mol. The summed E-state index contributed by atoms with van der Waals surface area (Å²) >= 11 is 0. The van der Waals surface area contributed by atoms with Crippen LogP contribution in [0.2, 0.25) is 0 Å². The van der Waals surface area contributed by atoms with Gasteiger partial charge in [-0.1, -0.05) is 0 Å². The van der Waals surface area contributed by atoms with Gasteiger partial charge in [-0.05, 0) is 30.3 Å². The second kappa shape index (κ2) is 4.48. The number of benzene rings is 1. The molecule has 0 saturated heterocycles. The number of carbonyl (C=O) groups excluding carboxylic acids is 1. The predicted octanol–water partition coefficient (Wildman–Crippen LogP) is 1.57. The van der Waals surface area contributed by atoms with Crippen molar-refractivity contribution < 1.29 is 4.79 Å². The van der Waals surface area contributed by atoms with Crippen LogP contribution in [0, 0.1) is 11.3 Å². The Morgan fingerprint density at radius 2 is 2.10 bits per heavy atom. The van der Waals surface area contributed by atoms with Gasteiger partial charge in [0.15, 0.2) is 0 Å². The van der Waals surface area contributed by atoms with E-state index in [9.17, 15) is 4.79 Å². The Balaban J connectivity index is 2.11.